The Morgan fingerprint density at radius 2 is 1.56 bits per heavy atom. The van der Waals surface area contributed by atoms with Gasteiger partial charge in [0.15, 0.2) is 0 Å². The lowest BCUT2D eigenvalue weighted by atomic mass is 10.2. The van der Waals surface area contributed by atoms with Crippen LogP contribution in [0.3, 0.4) is 0 Å². The van der Waals surface area contributed by atoms with Crippen LogP contribution >= 0.6 is 0 Å². The fourth-order valence-corrected chi connectivity index (χ4v) is 1.70. The van der Waals surface area contributed by atoms with E-state index in [4.69, 9.17) is 5.26 Å². The Kier molecular flexibility index (Phi) is 4.65. The van der Waals surface area contributed by atoms with E-state index in [-0.39, 0.29) is 0 Å². The SMILES string of the molecule is CCN(CC)c1ccc(N(C)CC#N)cc1. The van der Waals surface area contributed by atoms with Gasteiger partial charge in [-0.25, -0.2) is 0 Å². The lowest BCUT2D eigenvalue weighted by Crippen LogP contribution is -2.22. The van der Waals surface area contributed by atoms with Crippen LogP contribution in [-0.2, 0) is 0 Å². The van der Waals surface area contributed by atoms with Crippen LogP contribution in [0.5, 0.6) is 0 Å². The number of nitrogens with zero attached hydrogens (tertiary/aromatic N) is 3. The van der Waals surface area contributed by atoms with Crippen LogP contribution in [0.25, 0.3) is 0 Å². The molecule has 0 radical (unpaired) electrons. The molecule has 0 N–H and O–H groups in total. The van der Waals surface area contributed by atoms with Gasteiger partial charge in [0.2, 0.25) is 0 Å². The monoisotopic (exact) mass is 217 g/mol. The van der Waals surface area contributed by atoms with E-state index in [1.54, 1.807) is 0 Å². The second kappa shape index (κ2) is 6.02. The quantitative estimate of drug-likeness (QED) is 0.710. The normalized spacial score (nSPS) is 9.62. The zero-order valence-corrected chi connectivity index (χ0v) is 10.3. The van der Waals surface area contributed by atoms with E-state index in [1.165, 1.54) is 5.69 Å². The van der Waals surface area contributed by atoms with Crippen LogP contribution in [0.2, 0.25) is 0 Å². The lowest BCUT2D eigenvalue weighted by molar-refractivity contribution is 0.866. The number of benzene rings is 1. The number of hydrogen-bond donors (Lipinski definition) is 0. The van der Waals surface area contributed by atoms with Crippen molar-refractivity contribution in [2.75, 3.05) is 36.5 Å². The van der Waals surface area contributed by atoms with E-state index in [1.807, 2.05) is 11.9 Å². The summed E-state index contributed by atoms with van der Waals surface area (Å²) >= 11 is 0. The predicted octanol–water partition coefficient (Wildman–Crippen LogP) is 2.49. The number of rotatable bonds is 5. The van der Waals surface area contributed by atoms with Gasteiger partial charge in [0.25, 0.3) is 0 Å². The molecule has 86 valence electrons. The van der Waals surface area contributed by atoms with Crippen LogP contribution < -0.4 is 9.80 Å². The first-order valence-corrected chi connectivity index (χ1v) is 5.66. The number of nitriles is 1. The maximum atomic E-state index is 8.62. The van der Waals surface area contributed by atoms with E-state index in [0.717, 1.165) is 18.8 Å². The van der Waals surface area contributed by atoms with Crippen molar-refractivity contribution in [3.63, 3.8) is 0 Å². The van der Waals surface area contributed by atoms with Crippen molar-refractivity contribution in [1.82, 2.24) is 0 Å². The average molecular weight is 217 g/mol. The van der Waals surface area contributed by atoms with Crippen molar-refractivity contribution >= 4 is 11.4 Å². The minimum atomic E-state index is 0.421. The minimum Gasteiger partial charge on any atom is -0.372 e. The molecule has 0 aliphatic rings. The van der Waals surface area contributed by atoms with Crippen molar-refractivity contribution in [3.05, 3.63) is 24.3 Å². The molecule has 3 heteroatoms. The Labute approximate surface area is 97.9 Å². The summed E-state index contributed by atoms with van der Waals surface area (Å²) in [6.07, 6.45) is 0. The Bertz CT molecular complexity index is 346. The number of anilines is 2. The van der Waals surface area contributed by atoms with Crippen molar-refractivity contribution in [3.8, 4) is 6.07 Å². The molecule has 0 unspecified atom stereocenters. The third-order valence-electron chi connectivity index (χ3n) is 2.73. The van der Waals surface area contributed by atoms with Crippen LogP contribution in [0.1, 0.15) is 13.8 Å². The molecule has 1 aromatic carbocycles. The van der Waals surface area contributed by atoms with Gasteiger partial charge in [-0.3, -0.25) is 0 Å². The van der Waals surface area contributed by atoms with Crippen LogP contribution in [-0.4, -0.2) is 26.7 Å². The van der Waals surface area contributed by atoms with Gasteiger partial charge >= 0.3 is 0 Å². The van der Waals surface area contributed by atoms with Gasteiger partial charge in [0, 0.05) is 31.5 Å². The summed E-state index contributed by atoms with van der Waals surface area (Å²) in [5.74, 6) is 0. The fraction of sp³-hybridized carbons (Fsp3) is 0.462. The second-order valence-corrected chi connectivity index (χ2v) is 3.70. The van der Waals surface area contributed by atoms with Crippen molar-refractivity contribution < 1.29 is 0 Å². The topological polar surface area (TPSA) is 30.3 Å². The summed E-state index contributed by atoms with van der Waals surface area (Å²) in [5.41, 5.74) is 2.32. The molecule has 0 spiro atoms. The first kappa shape index (κ1) is 12.4. The highest BCUT2D eigenvalue weighted by atomic mass is 15.1. The summed E-state index contributed by atoms with van der Waals surface area (Å²) in [4.78, 5) is 4.24. The largest absolute Gasteiger partial charge is 0.372 e. The maximum absolute atomic E-state index is 8.62. The van der Waals surface area contributed by atoms with Crippen molar-refractivity contribution in [1.29, 1.82) is 5.26 Å². The number of hydrogen-bond acceptors (Lipinski definition) is 3. The molecular formula is C13H19N3. The third-order valence-corrected chi connectivity index (χ3v) is 2.73. The standard InChI is InChI=1S/C13H19N3/c1-4-16(5-2)13-8-6-12(7-9-13)15(3)11-10-14/h6-9H,4-5,11H2,1-3H3. The molecule has 0 saturated heterocycles. The Morgan fingerprint density at radius 1 is 1.06 bits per heavy atom. The molecule has 0 aromatic heterocycles. The van der Waals surface area contributed by atoms with E-state index in [0.29, 0.717) is 6.54 Å². The first-order chi connectivity index (χ1) is 7.72. The molecule has 0 bridgehead atoms. The molecule has 0 amide bonds. The molecule has 0 saturated carbocycles. The minimum absolute atomic E-state index is 0.421. The fourth-order valence-electron chi connectivity index (χ4n) is 1.70. The molecule has 1 rings (SSSR count). The van der Waals surface area contributed by atoms with E-state index in [9.17, 15) is 0 Å². The molecule has 16 heavy (non-hydrogen) atoms. The zero-order valence-electron chi connectivity index (χ0n) is 10.3. The highest BCUT2D eigenvalue weighted by Crippen LogP contribution is 2.19. The van der Waals surface area contributed by atoms with Gasteiger partial charge in [0.05, 0.1) is 6.07 Å². The highest BCUT2D eigenvalue weighted by molar-refractivity contribution is 5.56. The van der Waals surface area contributed by atoms with Crippen LogP contribution in [0.15, 0.2) is 24.3 Å². The maximum Gasteiger partial charge on any atom is 0.105 e. The van der Waals surface area contributed by atoms with Crippen molar-refractivity contribution in [2.24, 2.45) is 0 Å². The first-order valence-electron chi connectivity index (χ1n) is 5.66. The second-order valence-electron chi connectivity index (χ2n) is 3.70. The van der Waals surface area contributed by atoms with Gasteiger partial charge < -0.3 is 9.80 Å². The van der Waals surface area contributed by atoms with Gasteiger partial charge in [-0.2, -0.15) is 5.26 Å². The van der Waals surface area contributed by atoms with E-state index >= 15 is 0 Å². The van der Waals surface area contributed by atoms with Crippen molar-refractivity contribution in [2.45, 2.75) is 13.8 Å². The lowest BCUT2D eigenvalue weighted by Gasteiger charge is -2.22. The highest BCUT2D eigenvalue weighted by Gasteiger charge is 2.03. The predicted molar refractivity (Wildman–Crippen MR) is 68.9 cm³/mol. The molecule has 0 heterocycles. The average Bonchev–Trinajstić information content (AvgIpc) is 2.32. The van der Waals surface area contributed by atoms with Gasteiger partial charge in [-0.05, 0) is 38.1 Å². The van der Waals surface area contributed by atoms with Crippen LogP contribution in [0.4, 0.5) is 11.4 Å². The Hall–Kier alpha value is -1.69. The third kappa shape index (κ3) is 2.90. The molecule has 0 aliphatic carbocycles. The molecule has 0 fully saturated rings. The summed E-state index contributed by atoms with van der Waals surface area (Å²) < 4.78 is 0. The van der Waals surface area contributed by atoms with Gasteiger partial charge in [-0.15, -0.1) is 0 Å². The molecule has 0 aliphatic heterocycles. The summed E-state index contributed by atoms with van der Waals surface area (Å²) in [5, 5.41) is 8.62. The zero-order chi connectivity index (χ0) is 12.0. The molecule has 1 aromatic rings. The molecular weight excluding hydrogens is 198 g/mol. The van der Waals surface area contributed by atoms with Crippen LogP contribution in [0, 0.1) is 11.3 Å². The van der Waals surface area contributed by atoms with Gasteiger partial charge in [-0.1, -0.05) is 0 Å². The summed E-state index contributed by atoms with van der Waals surface area (Å²) in [6, 6.07) is 10.5. The molecule has 0 atom stereocenters. The molecule has 3 nitrogen and oxygen atoms in total. The van der Waals surface area contributed by atoms with Gasteiger partial charge in [0.1, 0.15) is 6.54 Å². The Morgan fingerprint density at radius 3 is 2.00 bits per heavy atom. The van der Waals surface area contributed by atoms with E-state index < -0.39 is 0 Å². The summed E-state index contributed by atoms with van der Waals surface area (Å²) in [7, 11) is 1.93. The smallest absolute Gasteiger partial charge is 0.105 e. The Balaban J connectivity index is 2.78. The summed E-state index contributed by atoms with van der Waals surface area (Å²) in [6.45, 7) is 6.76. The van der Waals surface area contributed by atoms with E-state index in [2.05, 4.69) is 49.1 Å².